The normalized spacial score (nSPS) is 19.4. The molecule has 2 aromatic rings. The van der Waals surface area contributed by atoms with Crippen LogP contribution in [0.3, 0.4) is 0 Å². The van der Waals surface area contributed by atoms with Crippen molar-refractivity contribution in [2.75, 3.05) is 32.8 Å². The molecule has 3 rings (SSSR count). The van der Waals surface area contributed by atoms with Gasteiger partial charge in [0, 0.05) is 26.2 Å². The molecule has 1 aliphatic heterocycles. The predicted molar refractivity (Wildman–Crippen MR) is 84.9 cm³/mol. The van der Waals surface area contributed by atoms with E-state index < -0.39 is 0 Å². The quantitative estimate of drug-likeness (QED) is 0.865. The highest BCUT2D eigenvalue weighted by molar-refractivity contribution is 5.33. The van der Waals surface area contributed by atoms with E-state index in [9.17, 15) is 0 Å². The Morgan fingerprint density at radius 2 is 2.18 bits per heavy atom. The minimum absolute atomic E-state index is 0.295. The van der Waals surface area contributed by atoms with E-state index in [-0.39, 0.29) is 0 Å². The molecule has 0 aliphatic carbocycles. The van der Waals surface area contributed by atoms with E-state index >= 15 is 0 Å². The van der Waals surface area contributed by atoms with Crippen LogP contribution in [0.2, 0.25) is 0 Å². The van der Waals surface area contributed by atoms with Gasteiger partial charge in [0.05, 0.1) is 18.4 Å². The van der Waals surface area contributed by atoms with Gasteiger partial charge in [-0.15, -0.1) is 0 Å². The van der Waals surface area contributed by atoms with Crippen molar-refractivity contribution in [3.63, 3.8) is 0 Å². The lowest BCUT2D eigenvalue weighted by Gasteiger charge is -2.32. The number of likely N-dealkylation sites (N-methyl/N-ethyl adjacent to an activating group) is 1. The molecule has 0 unspecified atom stereocenters. The zero-order chi connectivity index (χ0) is 15.2. The van der Waals surface area contributed by atoms with Crippen molar-refractivity contribution in [3.05, 3.63) is 42.5 Å². The second-order valence-electron chi connectivity index (χ2n) is 5.52. The summed E-state index contributed by atoms with van der Waals surface area (Å²) in [5.74, 6) is 0. The Labute approximate surface area is 131 Å². The molecule has 0 amide bonds. The van der Waals surface area contributed by atoms with Crippen LogP contribution >= 0.6 is 0 Å². The molecule has 2 heterocycles. The smallest absolute Gasteiger partial charge is 0.138 e. The van der Waals surface area contributed by atoms with Gasteiger partial charge in [-0.1, -0.05) is 19.1 Å². The number of hydrogen-bond acceptors (Lipinski definition) is 5. The van der Waals surface area contributed by atoms with Crippen LogP contribution < -0.4 is 5.32 Å². The summed E-state index contributed by atoms with van der Waals surface area (Å²) >= 11 is 0. The van der Waals surface area contributed by atoms with E-state index in [1.54, 1.807) is 17.3 Å². The average molecular weight is 301 g/mol. The number of nitrogens with one attached hydrogen (secondary N) is 1. The second kappa shape index (κ2) is 7.49. The molecule has 1 aromatic carbocycles. The van der Waals surface area contributed by atoms with Gasteiger partial charge in [0.2, 0.25) is 0 Å². The van der Waals surface area contributed by atoms with Gasteiger partial charge in [-0.3, -0.25) is 4.90 Å². The van der Waals surface area contributed by atoms with Crippen LogP contribution in [0, 0.1) is 0 Å². The van der Waals surface area contributed by atoms with Gasteiger partial charge in [0.1, 0.15) is 12.7 Å². The van der Waals surface area contributed by atoms with E-state index in [0.29, 0.717) is 6.10 Å². The highest BCUT2D eigenvalue weighted by atomic mass is 16.5. The highest BCUT2D eigenvalue weighted by Crippen LogP contribution is 2.08. The third kappa shape index (κ3) is 3.91. The van der Waals surface area contributed by atoms with E-state index in [1.165, 1.54) is 5.56 Å². The molecule has 0 radical (unpaired) electrons. The molecule has 118 valence electrons. The third-order valence-corrected chi connectivity index (χ3v) is 3.99. The second-order valence-corrected chi connectivity index (χ2v) is 5.52. The highest BCUT2D eigenvalue weighted by Gasteiger charge is 2.18. The van der Waals surface area contributed by atoms with Crippen LogP contribution in [0.4, 0.5) is 0 Å². The first-order chi connectivity index (χ1) is 10.8. The van der Waals surface area contributed by atoms with Crippen LogP contribution in [0.25, 0.3) is 5.69 Å². The summed E-state index contributed by atoms with van der Waals surface area (Å²) in [5, 5.41) is 7.61. The summed E-state index contributed by atoms with van der Waals surface area (Å²) in [6.45, 7) is 7.96. The van der Waals surface area contributed by atoms with Gasteiger partial charge >= 0.3 is 0 Å². The van der Waals surface area contributed by atoms with Gasteiger partial charge in [-0.05, 0) is 24.2 Å². The van der Waals surface area contributed by atoms with Crippen molar-refractivity contribution in [1.82, 2.24) is 25.0 Å². The first kappa shape index (κ1) is 15.1. The topological polar surface area (TPSA) is 55.2 Å². The number of nitrogens with zero attached hydrogens (tertiary/aromatic N) is 4. The largest absolute Gasteiger partial charge is 0.374 e. The summed E-state index contributed by atoms with van der Waals surface area (Å²) in [7, 11) is 0. The van der Waals surface area contributed by atoms with Gasteiger partial charge in [-0.2, -0.15) is 5.10 Å². The maximum Gasteiger partial charge on any atom is 0.138 e. The van der Waals surface area contributed by atoms with E-state index in [2.05, 4.69) is 51.5 Å². The minimum Gasteiger partial charge on any atom is -0.374 e. The molecular weight excluding hydrogens is 278 g/mol. The summed E-state index contributed by atoms with van der Waals surface area (Å²) in [6.07, 6.45) is 3.54. The van der Waals surface area contributed by atoms with Crippen molar-refractivity contribution < 1.29 is 4.74 Å². The Bertz CT molecular complexity index is 554. The van der Waals surface area contributed by atoms with Gasteiger partial charge in [0.25, 0.3) is 0 Å². The fourth-order valence-electron chi connectivity index (χ4n) is 2.68. The number of benzene rings is 1. The standard InChI is InChI=1S/C16H23N5O/c1-2-20-7-8-22-16(11-20)10-17-9-14-3-5-15(6-4-14)21-13-18-12-19-21/h3-6,12-13,16-17H,2,7-11H2,1H3/t16-/m0/s1. The number of rotatable bonds is 6. The summed E-state index contributed by atoms with van der Waals surface area (Å²) in [6, 6.07) is 8.34. The number of ether oxygens (including phenoxy) is 1. The van der Waals surface area contributed by atoms with E-state index in [1.807, 2.05) is 0 Å². The minimum atomic E-state index is 0.295. The molecule has 1 aromatic heterocycles. The molecule has 1 fully saturated rings. The van der Waals surface area contributed by atoms with Crippen molar-refractivity contribution in [1.29, 1.82) is 0 Å². The molecule has 6 heteroatoms. The average Bonchev–Trinajstić information content (AvgIpc) is 3.10. The molecule has 1 aliphatic rings. The summed E-state index contributed by atoms with van der Waals surface area (Å²) in [4.78, 5) is 6.39. The Hall–Kier alpha value is -1.76. The lowest BCUT2D eigenvalue weighted by molar-refractivity contribution is -0.0253. The van der Waals surface area contributed by atoms with Crippen molar-refractivity contribution in [3.8, 4) is 5.69 Å². The van der Waals surface area contributed by atoms with Crippen LogP contribution in [-0.2, 0) is 11.3 Å². The van der Waals surface area contributed by atoms with Crippen molar-refractivity contribution in [2.24, 2.45) is 0 Å². The van der Waals surface area contributed by atoms with E-state index in [0.717, 1.165) is 45.0 Å². The molecule has 0 bridgehead atoms. The molecule has 1 atom stereocenters. The molecular formula is C16H23N5O. The zero-order valence-electron chi connectivity index (χ0n) is 13.0. The maximum absolute atomic E-state index is 5.79. The fraction of sp³-hybridized carbons (Fsp3) is 0.500. The zero-order valence-corrected chi connectivity index (χ0v) is 13.0. The van der Waals surface area contributed by atoms with Crippen LogP contribution in [0.1, 0.15) is 12.5 Å². The molecule has 0 saturated carbocycles. The lowest BCUT2D eigenvalue weighted by Crippen LogP contribution is -2.46. The number of morpholine rings is 1. The number of hydrogen-bond donors (Lipinski definition) is 1. The van der Waals surface area contributed by atoms with Gasteiger partial charge < -0.3 is 10.1 Å². The van der Waals surface area contributed by atoms with Crippen molar-refractivity contribution >= 4 is 0 Å². The maximum atomic E-state index is 5.79. The molecule has 6 nitrogen and oxygen atoms in total. The SMILES string of the molecule is CCN1CCO[C@@H](CNCc2ccc(-n3cncn3)cc2)C1. The lowest BCUT2D eigenvalue weighted by atomic mass is 10.2. The summed E-state index contributed by atoms with van der Waals surface area (Å²) < 4.78 is 7.55. The van der Waals surface area contributed by atoms with Crippen LogP contribution in [0.5, 0.6) is 0 Å². The Balaban J connectivity index is 1.45. The van der Waals surface area contributed by atoms with Crippen LogP contribution in [-0.4, -0.2) is 58.6 Å². The molecule has 1 N–H and O–H groups in total. The first-order valence-corrected chi connectivity index (χ1v) is 7.84. The predicted octanol–water partition coefficient (Wildman–Crippen LogP) is 1.08. The first-order valence-electron chi connectivity index (χ1n) is 7.84. The monoisotopic (exact) mass is 301 g/mol. The molecule has 0 spiro atoms. The Morgan fingerprint density at radius 3 is 2.91 bits per heavy atom. The van der Waals surface area contributed by atoms with Gasteiger partial charge in [-0.25, -0.2) is 9.67 Å². The summed E-state index contributed by atoms with van der Waals surface area (Å²) in [5.41, 5.74) is 2.28. The van der Waals surface area contributed by atoms with Gasteiger partial charge in [0.15, 0.2) is 0 Å². The van der Waals surface area contributed by atoms with Crippen LogP contribution in [0.15, 0.2) is 36.9 Å². The molecule has 1 saturated heterocycles. The Kier molecular flexibility index (Phi) is 5.15. The van der Waals surface area contributed by atoms with Crippen molar-refractivity contribution in [2.45, 2.75) is 19.6 Å². The number of aromatic nitrogens is 3. The fourth-order valence-corrected chi connectivity index (χ4v) is 2.68. The van der Waals surface area contributed by atoms with E-state index in [4.69, 9.17) is 4.74 Å². The molecule has 22 heavy (non-hydrogen) atoms. The third-order valence-electron chi connectivity index (χ3n) is 3.99. The Morgan fingerprint density at radius 1 is 1.32 bits per heavy atom.